The molecule has 0 amide bonds. The van der Waals surface area contributed by atoms with Gasteiger partial charge in [0.2, 0.25) is 0 Å². The molecule has 0 aromatic heterocycles. The first kappa shape index (κ1) is 12.9. The molecule has 0 aliphatic heterocycles. The fourth-order valence-corrected chi connectivity index (χ4v) is 1.29. The largest absolute Gasteiger partial charge is 0.384 e. The van der Waals surface area contributed by atoms with Gasteiger partial charge in [0.05, 0.1) is 6.61 Å². The molecule has 2 nitrogen and oxygen atoms in total. The first-order valence-electron chi connectivity index (χ1n) is 5.23. The topological polar surface area (TPSA) is 21.3 Å². The van der Waals surface area contributed by atoms with Crippen molar-refractivity contribution in [1.82, 2.24) is 5.32 Å². The summed E-state index contributed by atoms with van der Waals surface area (Å²) in [5.74, 6) is 0.726. The highest BCUT2D eigenvalue weighted by molar-refractivity contribution is 4.75. The summed E-state index contributed by atoms with van der Waals surface area (Å²) in [6.45, 7) is 11.9. The first-order valence-corrected chi connectivity index (χ1v) is 5.23. The van der Waals surface area contributed by atoms with Crippen LogP contribution in [0.4, 0.5) is 0 Å². The van der Waals surface area contributed by atoms with Crippen molar-refractivity contribution in [3.05, 3.63) is 0 Å². The fourth-order valence-electron chi connectivity index (χ4n) is 1.29. The second-order valence-corrected chi connectivity index (χ2v) is 4.62. The highest BCUT2D eigenvalue weighted by atomic mass is 16.5. The van der Waals surface area contributed by atoms with Crippen molar-refractivity contribution in [2.45, 2.75) is 34.1 Å². The number of ether oxygens (including phenoxy) is 1. The van der Waals surface area contributed by atoms with E-state index in [-0.39, 0.29) is 0 Å². The molecule has 2 heteroatoms. The molecule has 1 unspecified atom stereocenters. The van der Waals surface area contributed by atoms with E-state index in [2.05, 4.69) is 33.0 Å². The van der Waals surface area contributed by atoms with E-state index in [1.54, 1.807) is 7.11 Å². The van der Waals surface area contributed by atoms with Gasteiger partial charge < -0.3 is 10.1 Å². The Hall–Kier alpha value is -0.0800. The number of nitrogens with one attached hydrogen (secondary N) is 1. The van der Waals surface area contributed by atoms with Crippen molar-refractivity contribution in [1.29, 1.82) is 0 Å². The van der Waals surface area contributed by atoms with Gasteiger partial charge in [-0.1, -0.05) is 27.7 Å². The zero-order valence-corrected chi connectivity index (χ0v) is 9.81. The van der Waals surface area contributed by atoms with E-state index in [4.69, 9.17) is 4.74 Å². The van der Waals surface area contributed by atoms with Gasteiger partial charge in [-0.25, -0.2) is 0 Å². The molecule has 1 atom stereocenters. The van der Waals surface area contributed by atoms with Crippen molar-refractivity contribution < 1.29 is 4.74 Å². The Labute approximate surface area is 83.1 Å². The maximum Gasteiger partial charge on any atom is 0.0528 e. The normalized spacial score (nSPS) is 16.2. The molecule has 0 radical (unpaired) electrons. The lowest BCUT2D eigenvalue weighted by Gasteiger charge is -2.28. The van der Waals surface area contributed by atoms with Crippen LogP contribution < -0.4 is 5.32 Å². The van der Waals surface area contributed by atoms with Gasteiger partial charge in [0, 0.05) is 19.1 Å². The van der Waals surface area contributed by atoms with Crippen molar-refractivity contribution >= 4 is 0 Å². The molecule has 0 saturated carbocycles. The molecule has 0 aromatic carbocycles. The first-order chi connectivity index (χ1) is 6.04. The van der Waals surface area contributed by atoms with Crippen LogP contribution in [-0.4, -0.2) is 26.8 Å². The Morgan fingerprint density at radius 1 is 1.38 bits per heavy atom. The van der Waals surface area contributed by atoms with E-state index in [9.17, 15) is 0 Å². The number of hydrogen-bond donors (Lipinski definition) is 1. The van der Waals surface area contributed by atoms with E-state index in [1.165, 1.54) is 0 Å². The van der Waals surface area contributed by atoms with Crippen LogP contribution >= 0.6 is 0 Å². The molecule has 0 aliphatic carbocycles. The van der Waals surface area contributed by atoms with Crippen molar-refractivity contribution in [3.8, 4) is 0 Å². The molecule has 0 aliphatic rings. The molecular weight excluding hydrogens is 162 g/mol. The monoisotopic (exact) mass is 187 g/mol. The summed E-state index contributed by atoms with van der Waals surface area (Å²) in [6.07, 6.45) is 1.16. The van der Waals surface area contributed by atoms with E-state index in [0.717, 1.165) is 32.0 Å². The van der Waals surface area contributed by atoms with Crippen LogP contribution in [0.1, 0.15) is 34.1 Å². The molecule has 0 fully saturated rings. The molecule has 0 aromatic rings. The van der Waals surface area contributed by atoms with Crippen LogP contribution in [0.3, 0.4) is 0 Å². The Morgan fingerprint density at radius 2 is 2.00 bits per heavy atom. The van der Waals surface area contributed by atoms with Gasteiger partial charge in [-0.3, -0.25) is 0 Å². The predicted octanol–water partition coefficient (Wildman–Crippen LogP) is 2.29. The summed E-state index contributed by atoms with van der Waals surface area (Å²) in [7, 11) is 1.77. The molecule has 80 valence electrons. The third-order valence-electron chi connectivity index (χ3n) is 2.45. The van der Waals surface area contributed by atoms with Gasteiger partial charge in [-0.15, -0.1) is 0 Å². The smallest absolute Gasteiger partial charge is 0.0528 e. The summed E-state index contributed by atoms with van der Waals surface area (Å²) in [5, 5.41) is 3.48. The van der Waals surface area contributed by atoms with Crippen molar-refractivity contribution in [3.63, 3.8) is 0 Å². The van der Waals surface area contributed by atoms with Gasteiger partial charge in [-0.2, -0.15) is 0 Å². The minimum atomic E-state index is 0.295. The van der Waals surface area contributed by atoms with Crippen LogP contribution in [0, 0.1) is 11.3 Å². The molecule has 0 bridgehead atoms. The van der Waals surface area contributed by atoms with E-state index in [1.807, 2.05) is 0 Å². The number of methoxy groups -OCH3 is 1. The summed E-state index contributed by atoms with van der Waals surface area (Å²) >= 11 is 0. The van der Waals surface area contributed by atoms with E-state index in [0.29, 0.717) is 5.41 Å². The minimum Gasteiger partial charge on any atom is -0.384 e. The molecule has 1 N–H and O–H groups in total. The van der Waals surface area contributed by atoms with Crippen molar-refractivity contribution in [2.24, 2.45) is 11.3 Å². The zero-order valence-electron chi connectivity index (χ0n) is 9.81. The third-order valence-corrected chi connectivity index (χ3v) is 2.45. The van der Waals surface area contributed by atoms with E-state index >= 15 is 0 Å². The average Bonchev–Trinajstić information content (AvgIpc) is 2.04. The lowest BCUT2D eigenvalue weighted by Crippen LogP contribution is -2.36. The quantitative estimate of drug-likeness (QED) is 0.660. The standard InChI is InChI=1S/C11H25NO/c1-6-11(4,9-13-5)8-12-7-10(2)3/h10,12H,6-9H2,1-5H3. The summed E-state index contributed by atoms with van der Waals surface area (Å²) < 4.78 is 5.22. The predicted molar refractivity (Wildman–Crippen MR) is 58.0 cm³/mol. The van der Waals surface area contributed by atoms with Crippen LogP contribution in [0.25, 0.3) is 0 Å². The Balaban J connectivity index is 3.69. The molecule has 13 heavy (non-hydrogen) atoms. The minimum absolute atomic E-state index is 0.295. The average molecular weight is 187 g/mol. The van der Waals surface area contributed by atoms with Crippen molar-refractivity contribution in [2.75, 3.05) is 26.8 Å². The Bertz CT molecular complexity index is 125. The van der Waals surface area contributed by atoms with Gasteiger partial charge in [0.1, 0.15) is 0 Å². The highest BCUT2D eigenvalue weighted by Crippen LogP contribution is 2.19. The third kappa shape index (κ3) is 6.05. The number of hydrogen-bond acceptors (Lipinski definition) is 2. The summed E-state index contributed by atoms with van der Waals surface area (Å²) in [4.78, 5) is 0. The maximum atomic E-state index is 5.22. The lowest BCUT2D eigenvalue weighted by atomic mass is 9.88. The van der Waals surface area contributed by atoms with Gasteiger partial charge in [0.25, 0.3) is 0 Å². The Morgan fingerprint density at radius 3 is 2.38 bits per heavy atom. The summed E-state index contributed by atoms with van der Waals surface area (Å²) in [5.41, 5.74) is 0.295. The van der Waals surface area contributed by atoms with Gasteiger partial charge in [0.15, 0.2) is 0 Å². The maximum absolute atomic E-state index is 5.22. The molecule has 0 heterocycles. The van der Waals surface area contributed by atoms with Crippen LogP contribution in [-0.2, 0) is 4.74 Å². The van der Waals surface area contributed by atoms with E-state index < -0.39 is 0 Å². The fraction of sp³-hybridized carbons (Fsp3) is 1.00. The van der Waals surface area contributed by atoms with Crippen LogP contribution in [0.15, 0.2) is 0 Å². The van der Waals surface area contributed by atoms with Gasteiger partial charge >= 0.3 is 0 Å². The van der Waals surface area contributed by atoms with Crippen LogP contribution in [0.2, 0.25) is 0 Å². The second-order valence-electron chi connectivity index (χ2n) is 4.62. The van der Waals surface area contributed by atoms with Gasteiger partial charge in [-0.05, 0) is 18.9 Å². The lowest BCUT2D eigenvalue weighted by molar-refractivity contribution is 0.0876. The zero-order chi connectivity index (χ0) is 10.3. The molecule has 0 saturated heterocycles. The highest BCUT2D eigenvalue weighted by Gasteiger charge is 2.21. The second kappa shape index (κ2) is 6.39. The Kier molecular flexibility index (Phi) is 6.35. The molecule has 0 rings (SSSR count). The number of rotatable bonds is 7. The molecule has 0 spiro atoms. The van der Waals surface area contributed by atoms with Crippen LogP contribution in [0.5, 0.6) is 0 Å². The molecular formula is C11H25NO. The SMILES string of the molecule is CCC(C)(CNCC(C)C)COC. The summed E-state index contributed by atoms with van der Waals surface area (Å²) in [6, 6.07) is 0.